The number of rotatable bonds is 5. The molecule has 0 aromatic heterocycles. The van der Waals surface area contributed by atoms with E-state index < -0.39 is 4.33 Å². The second kappa shape index (κ2) is 7.51. The molecule has 2 rings (SSSR count). The lowest BCUT2D eigenvalue weighted by Gasteiger charge is -2.39. The predicted octanol–water partition coefficient (Wildman–Crippen LogP) is 3.26. The van der Waals surface area contributed by atoms with Crippen molar-refractivity contribution in [3.8, 4) is 0 Å². The molecule has 2 unspecified atom stereocenters. The van der Waals surface area contributed by atoms with Gasteiger partial charge in [-0.1, -0.05) is 51.3 Å². The molecular formula is C15H21BrCl2N2O. The Morgan fingerprint density at radius 3 is 2.67 bits per heavy atom. The third-order valence-corrected chi connectivity index (χ3v) is 5.08. The van der Waals surface area contributed by atoms with Crippen LogP contribution >= 0.6 is 39.1 Å². The predicted molar refractivity (Wildman–Crippen MR) is 93.9 cm³/mol. The summed E-state index contributed by atoms with van der Waals surface area (Å²) >= 11 is 16.1. The molecule has 21 heavy (non-hydrogen) atoms. The Labute approximate surface area is 144 Å². The van der Waals surface area contributed by atoms with E-state index >= 15 is 0 Å². The van der Waals surface area contributed by atoms with Crippen LogP contribution in [0.4, 0.5) is 5.69 Å². The highest BCUT2D eigenvalue weighted by Crippen LogP contribution is 2.38. The summed E-state index contributed by atoms with van der Waals surface area (Å²) < 4.78 is -0.866. The standard InChI is InChI=1S/C15H21BrCl2N2O/c1-11(21)14-10-19-8-9-20(14)13-4-2-12(3-5-13)15(17,18)6-7-16/h2-5,11,14,19,21H,6-10H2,1H3. The number of benzene rings is 1. The molecule has 1 aliphatic rings. The summed E-state index contributed by atoms with van der Waals surface area (Å²) in [4.78, 5) is 2.24. The van der Waals surface area contributed by atoms with Crippen molar-refractivity contribution in [2.75, 3.05) is 29.9 Å². The van der Waals surface area contributed by atoms with Gasteiger partial charge >= 0.3 is 0 Å². The van der Waals surface area contributed by atoms with Crippen LogP contribution in [0.15, 0.2) is 24.3 Å². The van der Waals surface area contributed by atoms with Crippen LogP contribution in [0, 0.1) is 0 Å². The topological polar surface area (TPSA) is 35.5 Å². The van der Waals surface area contributed by atoms with Crippen molar-refractivity contribution in [2.24, 2.45) is 0 Å². The molecule has 2 atom stereocenters. The van der Waals surface area contributed by atoms with E-state index in [1.165, 1.54) is 0 Å². The van der Waals surface area contributed by atoms with Gasteiger partial charge in [-0.25, -0.2) is 0 Å². The van der Waals surface area contributed by atoms with Crippen molar-refractivity contribution in [1.29, 1.82) is 0 Å². The van der Waals surface area contributed by atoms with Gasteiger partial charge in [-0.05, 0) is 31.0 Å². The molecule has 6 heteroatoms. The molecule has 1 aromatic carbocycles. The quantitative estimate of drug-likeness (QED) is 0.751. The largest absolute Gasteiger partial charge is 0.391 e. The van der Waals surface area contributed by atoms with Gasteiger partial charge in [0.2, 0.25) is 0 Å². The number of halogens is 3. The van der Waals surface area contributed by atoms with Crippen molar-refractivity contribution in [2.45, 2.75) is 29.8 Å². The molecular weight excluding hydrogens is 375 g/mol. The summed E-state index contributed by atoms with van der Waals surface area (Å²) in [5, 5.41) is 14.0. The maximum atomic E-state index is 9.93. The first-order valence-corrected chi connectivity index (χ1v) is 9.03. The van der Waals surface area contributed by atoms with Crippen LogP contribution in [0.1, 0.15) is 18.9 Å². The second-order valence-electron chi connectivity index (χ2n) is 5.40. The van der Waals surface area contributed by atoms with E-state index in [4.69, 9.17) is 23.2 Å². The molecule has 0 aliphatic carbocycles. The molecule has 1 fully saturated rings. The Morgan fingerprint density at radius 1 is 1.43 bits per heavy atom. The second-order valence-corrected chi connectivity index (χ2v) is 7.67. The molecule has 0 spiro atoms. The van der Waals surface area contributed by atoms with Crippen molar-refractivity contribution in [3.05, 3.63) is 29.8 Å². The van der Waals surface area contributed by atoms with Crippen LogP contribution in [-0.2, 0) is 4.33 Å². The molecule has 1 aliphatic heterocycles. The van der Waals surface area contributed by atoms with Gasteiger partial charge in [0.05, 0.1) is 12.1 Å². The highest BCUT2D eigenvalue weighted by molar-refractivity contribution is 9.09. The number of aliphatic hydroxyl groups is 1. The van der Waals surface area contributed by atoms with Gasteiger partial charge in [-0.2, -0.15) is 0 Å². The summed E-state index contributed by atoms with van der Waals surface area (Å²) in [6.45, 7) is 4.42. The highest BCUT2D eigenvalue weighted by atomic mass is 79.9. The lowest BCUT2D eigenvalue weighted by Crippen LogP contribution is -2.56. The van der Waals surface area contributed by atoms with Crippen molar-refractivity contribution < 1.29 is 5.11 Å². The number of aliphatic hydroxyl groups excluding tert-OH is 1. The van der Waals surface area contributed by atoms with Gasteiger partial charge in [-0.3, -0.25) is 0 Å². The summed E-state index contributed by atoms with van der Waals surface area (Å²) in [6.07, 6.45) is 0.269. The molecule has 0 saturated carbocycles. The highest BCUT2D eigenvalue weighted by Gasteiger charge is 2.28. The van der Waals surface area contributed by atoms with Crippen molar-refractivity contribution in [3.63, 3.8) is 0 Å². The maximum absolute atomic E-state index is 9.93. The normalized spacial score (nSPS) is 21.4. The number of anilines is 1. The van der Waals surface area contributed by atoms with E-state index in [0.717, 1.165) is 36.2 Å². The average Bonchev–Trinajstić information content (AvgIpc) is 2.47. The number of piperazine rings is 1. The van der Waals surface area contributed by atoms with Crippen molar-refractivity contribution in [1.82, 2.24) is 5.32 Å². The fourth-order valence-corrected chi connectivity index (χ4v) is 4.13. The average molecular weight is 396 g/mol. The van der Waals surface area contributed by atoms with E-state index in [1.54, 1.807) is 0 Å². The Kier molecular flexibility index (Phi) is 6.21. The first-order valence-electron chi connectivity index (χ1n) is 7.15. The number of nitrogens with zero attached hydrogens (tertiary/aromatic N) is 1. The Balaban J connectivity index is 2.17. The Hall–Kier alpha value is -0.0000000000000000555. The maximum Gasteiger partial charge on any atom is 0.144 e. The number of alkyl halides is 3. The van der Waals surface area contributed by atoms with E-state index in [-0.39, 0.29) is 12.1 Å². The monoisotopic (exact) mass is 394 g/mol. The Morgan fingerprint density at radius 2 is 2.10 bits per heavy atom. The molecule has 1 saturated heterocycles. The first kappa shape index (κ1) is 17.4. The Bertz CT molecular complexity index is 453. The number of nitrogens with one attached hydrogen (secondary N) is 1. The molecule has 3 nitrogen and oxygen atoms in total. The molecule has 0 radical (unpaired) electrons. The number of hydrogen-bond acceptors (Lipinski definition) is 3. The number of hydrogen-bond donors (Lipinski definition) is 2. The molecule has 1 heterocycles. The van der Waals surface area contributed by atoms with Crippen LogP contribution in [0.25, 0.3) is 0 Å². The van der Waals surface area contributed by atoms with Gasteiger partial charge < -0.3 is 15.3 Å². The minimum absolute atomic E-state index is 0.0869. The van der Waals surface area contributed by atoms with Crippen LogP contribution in [0.2, 0.25) is 0 Å². The summed E-state index contributed by atoms with van der Waals surface area (Å²) in [6, 6.07) is 8.09. The van der Waals surface area contributed by atoms with Crippen LogP contribution < -0.4 is 10.2 Å². The first-order chi connectivity index (χ1) is 9.95. The third kappa shape index (κ3) is 4.26. The van der Waals surface area contributed by atoms with E-state index in [1.807, 2.05) is 31.2 Å². The molecule has 0 amide bonds. The van der Waals surface area contributed by atoms with E-state index in [0.29, 0.717) is 6.42 Å². The van der Waals surface area contributed by atoms with Crippen LogP contribution in [-0.4, -0.2) is 42.2 Å². The van der Waals surface area contributed by atoms with Gasteiger partial charge in [0.1, 0.15) is 4.33 Å². The lowest BCUT2D eigenvalue weighted by molar-refractivity contribution is 0.151. The molecule has 118 valence electrons. The SMILES string of the molecule is CC(O)C1CNCCN1c1ccc(C(Cl)(Cl)CCBr)cc1. The zero-order valence-corrected chi connectivity index (χ0v) is 15.1. The minimum Gasteiger partial charge on any atom is -0.391 e. The van der Waals surface area contributed by atoms with Crippen LogP contribution in [0.5, 0.6) is 0 Å². The molecule has 1 aromatic rings. The summed E-state index contributed by atoms with van der Waals surface area (Å²) in [5.74, 6) is 0. The smallest absolute Gasteiger partial charge is 0.144 e. The van der Waals surface area contributed by atoms with Gasteiger partial charge in [-0.15, -0.1) is 0 Å². The van der Waals surface area contributed by atoms with E-state index in [9.17, 15) is 5.11 Å². The van der Waals surface area contributed by atoms with Crippen LogP contribution in [0.3, 0.4) is 0 Å². The van der Waals surface area contributed by atoms with Crippen molar-refractivity contribution >= 4 is 44.8 Å². The molecule has 0 bridgehead atoms. The van der Waals surface area contributed by atoms with Gasteiger partial charge in [0, 0.05) is 30.7 Å². The third-order valence-electron chi connectivity index (χ3n) is 3.87. The van der Waals surface area contributed by atoms with E-state index in [2.05, 4.69) is 26.1 Å². The fraction of sp³-hybridized carbons (Fsp3) is 0.600. The zero-order valence-electron chi connectivity index (χ0n) is 12.0. The lowest BCUT2D eigenvalue weighted by atomic mass is 10.0. The van der Waals surface area contributed by atoms with Gasteiger partial charge in [0.15, 0.2) is 0 Å². The zero-order chi connectivity index (χ0) is 15.5. The summed E-state index contributed by atoms with van der Waals surface area (Å²) in [7, 11) is 0. The minimum atomic E-state index is -0.866. The van der Waals surface area contributed by atoms with Gasteiger partial charge in [0.25, 0.3) is 0 Å². The summed E-state index contributed by atoms with van der Waals surface area (Å²) in [5.41, 5.74) is 1.99. The molecule has 2 N–H and O–H groups in total. The fourth-order valence-electron chi connectivity index (χ4n) is 2.64.